The first kappa shape index (κ1) is 20.4. The van der Waals surface area contributed by atoms with E-state index in [-0.39, 0.29) is 0 Å². The summed E-state index contributed by atoms with van der Waals surface area (Å²) < 4.78 is 16.5. The molecule has 0 radical (unpaired) electrons. The minimum absolute atomic E-state index is 0.477. The van der Waals surface area contributed by atoms with Crippen LogP contribution < -0.4 is 24.8 Å². The topological polar surface area (TPSA) is 64.1 Å². The van der Waals surface area contributed by atoms with Gasteiger partial charge in [-0.25, -0.2) is 0 Å². The number of nitrogens with one attached hydrogen (secondary N) is 2. The van der Waals surface area contributed by atoms with Crippen LogP contribution in [0.4, 0.5) is 5.69 Å². The molecule has 0 saturated carbocycles. The largest absolute Gasteiger partial charge is 0.493 e. The maximum atomic E-state index is 5.91. The molecule has 6 heteroatoms. The Labute approximate surface area is 161 Å². The predicted octanol–water partition coefficient (Wildman–Crippen LogP) is 3.93. The Kier molecular flexibility index (Phi) is 7.79. The average molecular weight is 371 g/mol. The van der Waals surface area contributed by atoms with Gasteiger partial charge in [-0.05, 0) is 24.1 Å². The van der Waals surface area contributed by atoms with Crippen LogP contribution >= 0.6 is 0 Å². The molecule has 27 heavy (non-hydrogen) atoms. The van der Waals surface area contributed by atoms with Crippen LogP contribution in [0.1, 0.15) is 19.4 Å². The maximum Gasteiger partial charge on any atom is 0.195 e. The summed E-state index contributed by atoms with van der Waals surface area (Å²) in [5.74, 6) is 3.36. The lowest BCUT2D eigenvalue weighted by molar-refractivity contribution is 0.268. The molecule has 0 amide bonds. The van der Waals surface area contributed by atoms with E-state index in [1.807, 2.05) is 42.5 Å². The molecule has 0 saturated heterocycles. The van der Waals surface area contributed by atoms with Crippen LogP contribution in [-0.2, 0) is 6.54 Å². The number of guanidine groups is 1. The van der Waals surface area contributed by atoms with Crippen LogP contribution in [-0.4, -0.2) is 33.8 Å². The van der Waals surface area contributed by atoms with E-state index >= 15 is 0 Å². The number of hydrogen-bond donors (Lipinski definition) is 2. The van der Waals surface area contributed by atoms with Gasteiger partial charge >= 0.3 is 0 Å². The van der Waals surface area contributed by atoms with Gasteiger partial charge in [-0.1, -0.05) is 32.0 Å². The number of aliphatic imine (C=N–C) groups is 1. The predicted molar refractivity (Wildman–Crippen MR) is 110 cm³/mol. The van der Waals surface area contributed by atoms with E-state index in [9.17, 15) is 0 Å². The first-order valence-corrected chi connectivity index (χ1v) is 8.97. The van der Waals surface area contributed by atoms with Crippen LogP contribution in [0.25, 0.3) is 0 Å². The van der Waals surface area contributed by atoms with Crippen molar-refractivity contribution in [2.75, 3.05) is 33.2 Å². The van der Waals surface area contributed by atoms with Gasteiger partial charge in [0.15, 0.2) is 17.5 Å². The summed E-state index contributed by atoms with van der Waals surface area (Å²) in [6.07, 6.45) is 0. The average Bonchev–Trinajstić information content (AvgIpc) is 2.69. The molecule has 0 heterocycles. The molecule has 2 rings (SSSR count). The van der Waals surface area contributed by atoms with Gasteiger partial charge in [-0.15, -0.1) is 0 Å². The molecule has 6 nitrogen and oxygen atoms in total. The van der Waals surface area contributed by atoms with Crippen molar-refractivity contribution in [2.24, 2.45) is 10.9 Å². The van der Waals surface area contributed by atoms with E-state index in [1.165, 1.54) is 0 Å². The molecule has 0 aliphatic carbocycles. The zero-order valence-electron chi connectivity index (χ0n) is 16.7. The molecule has 0 aromatic heterocycles. The highest BCUT2D eigenvalue weighted by Gasteiger charge is 2.08. The third-order valence-corrected chi connectivity index (χ3v) is 3.86. The van der Waals surface area contributed by atoms with Crippen molar-refractivity contribution in [1.29, 1.82) is 0 Å². The van der Waals surface area contributed by atoms with Gasteiger partial charge in [0.05, 0.1) is 20.8 Å². The summed E-state index contributed by atoms with van der Waals surface area (Å²) in [7, 11) is 4.96. The summed E-state index contributed by atoms with van der Waals surface area (Å²) in [5, 5.41) is 6.57. The maximum absolute atomic E-state index is 5.91. The number of ether oxygens (including phenoxy) is 3. The SMILES string of the molecule is CN=C(NCc1ccccc1OCC(C)C)Nc1ccc(OC)c(OC)c1. The molecule has 0 fully saturated rings. The number of nitrogens with zero attached hydrogens (tertiary/aromatic N) is 1. The smallest absolute Gasteiger partial charge is 0.195 e. The molecule has 0 spiro atoms. The standard InChI is InChI=1S/C21H29N3O3/c1-15(2)14-27-18-9-7-6-8-16(18)13-23-21(22-3)24-17-10-11-19(25-4)20(12-17)26-5/h6-12,15H,13-14H2,1-5H3,(H2,22,23,24). The fourth-order valence-corrected chi connectivity index (χ4v) is 2.46. The van der Waals surface area contributed by atoms with Crippen LogP contribution in [0.5, 0.6) is 17.2 Å². The molecular weight excluding hydrogens is 342 g/mol. The molecule has 2 aromatic carbocycles. The van der Waals surface area contributed by atoms with Crippen molar-refractivity contribution in [1.82, 2.24) is 5.32 Å². The van der Waals surface area contributed by atoms with Crippen molar-refractivity contribution >= 4 is 11.6 Å². The summed E-state index contributed by atoms with van der Waals surface area (Å²) in [6, 6.07) is 13.7. The number of hydrogen-bond acceptors (Lipinski definition) is 4. The summed E-state index contributed by atoms with van der Waals surface area (Å²) in [5.41, 5.74) is 1.93. The first-order valence-electron chi connectivity index (χ1n) is 8.97. The van der Waals surface area contributed by atoms with Gasteiger partial charge in [-0.3, -0.25) is 4.99 Å². The summed E-state index contributed by atoms with van der Waals surface area (Å²) in [6.45, 7) is 5.56. The van der Waals surface area contributed by atoms with Crippen LogP contribution in [0.2, 0.25) is 0 Å². The van der Waals surface area contributed by atoms with Gasteiger partial charge in [0.2, 0.25) is 0 Å². The molecule has 146 valence electrons. The molecule has 0 atom stereocenters. The zero-order chi connectivity index (χ0) is 19.6. The fraction of sp³-hybridized carbons (Fsp3) is 0.381. The second-order valence-electron chi connectivity index (χ2n) is 6.43. The Balaban J connectivity index is 2.02. The highest BCUT2D eigenvalue weighted by molar-refractivity contribution is 5.93. The van der Waals surface area contributed by atoms with E-state index in [0.29, 0.717) is 36.5 Å². The minimum Gasteiger partial charge on any atom is -0.493 e. The van der Waals surface area contributed by atoms with Crippen LogP contribution in [0.3, 0.4) is 0 Å². The number of anilines is 1. The third kappa shape index (κ3) is 6.09. The zero-order valence-corrected chi connectivity index (χ0v) is 16.7. The fourth-order valence-electron chi connectivity index (χ4n) is 2.46. The molecular formula is C21H29N3O3. The Morgan fingerprint density at radius 1 is 1.00 bits per heavy atom. The van der Waals surface area contributed by atoms with Gasteiger partial charge in [-0.2, -0.15) is 0 Å². The lowest BCUT2D eigenvalue weighted by Crippen LogP contribution is -2.30. The van der Waals surface area contributed by atoms with Crippen molar-refractivity contribution in [3.8, 4) is 17.2 Å². The van der Waals surface area contributed by atoms with Gasteiger partial charge in [0, 0.05) is 30.9 Å². The van der Waals surface area contributed by atoms with Crippen LogP contribution in [0, 0.1) is 5.92 Å². The first-order chi connectivity index (χ1) is 13.1. The quantitative estimate of drug-likeness (QED) is 0.544. The van der Waals surface area contributed by atoms with E-state index in [1.54, 1.807) is 21.3 Å². The van der Waals surface area contributed by atoms with Gasteiger partial charge < -0.3 is 24.8 Å². The lowest BCUT2D eigenvalue weighted by atomic mass is 10.2. The van der Waals surface area contributed by atoms with Crippen molar-refractivity contribution in [3.05, 3.63) is 48.0 Å². The van der Waals surface area contributed by atoms with Crippen molar-refractivity contribution in [3.63, 3.8) is 0 Å². The second-order valence-corrected chi connectivity index (χ2v) is 6.43. The summed E-state index contributed by atoms with van der Waals surface area (Å²) in [4.78, 5) is 4.28. The number of para-hydroxylation sites is 1. The Hall–Kier alpha value is -2.89. The van der Waals surface area contributed by atoms with E-state index in [0.717, 1.165) is 17.0 Å². The number of rotatable bonds is 8. The second kappa shape index (κ2) is 10.3. The Bertz CT molecular complexity index is 760. The molecule has 2 N–H and O–H groups in total. The molecule has 0 aliphatic rings. The highest BCUT2D eigenvalue weighted by Crippen LogP contribution is 2.29. The van der Waals surface area contributed by atoms with Crippen molar-refractivity contribution < 1.29 is 14.2 Å². The molecule has 0 unspecified atom stereocenters. The van der Waals surface area contributed by atoms with Gasteiger partial charge in [0.25, 0.3) is 0 Å². The Morgan fingerprint density at radius 3 is 2.41 bits per heavy atom. The van der Waals surface area contributed by atoms with E-state index in [4.69, 9.17) is 14.2 Å². The number of methoxy groups -OCH3 is 2. The molecule has 0 bridgehead atoms. The van der Waals surface area contributed by atoms with Gasteiger partial charge in [0.1, 0.15) is 5.75 Å². The number of benzene rings is 2. The lowest BCUT2D eigenvalue weighted by Gasteiger charge is -2.16. The van der Waals surface area contributed by atoms with E-state index < -0.39 is 0 Å². The monoisotopic (exact) mass is 371 g/mol. The molecule has 0 aliphatic heterocycles. The van der Waals surface area contributed by atoms with Crippen LogP contribution in [0.15, 0.2) is 47.5 Å². The van der Waals surface area contributed by atoms with E-state index in [2.05, 4.69) is 29.5 Å². The highest BCUT2D eigenvalue weighted by atomic mass is 16.5. The minimum atomic E-state index is 0.477. The summed E-state index contributed by atoms with van der Waals surface area (Å²) >= 11 is 0. The Morgan fingerprint density at radius 2 is 1.74 bits per heavy atom. The molecule has 2 aromatic rings. The van der Waals surface area contributed by atoms with Crippen molar-refractivity contribution in [2.45, 2.75) is 20.4 Å². The third-order valence-electron chi connectivity index (χ3n) is 3.86. The normalized spacial score (nSPS) is 11.3.